The van der Waals surface area contributed by atoms with Crippen LogP contribution >= 0.6 is 0 Å². The Morgan fingerprint density at radius 2 is 2.42 bits per heavy atom. The van der Waals surface area contributed by atoms with Crippen LogP contribution < -0.4 is 4.74 Å². The average Bonchev–Trinajstić information content (AvgIpc) is 2.04. The van der Waals surface area contributed by atoms with Gasteiger partial charge in [0.25, 0.3) is 0 Å². The van der Waals surface area contributed by atoms with E-state index >= 15 is 0 Å². The number of nitrogens with zero attached hydrogens (tertiary/aromatic N) is 2. The quantitative estimate of drug-likeness (QED) is 0.502. The van der Waals surface area contributed by atoms with Crippen molar-refractivity contribution in [1.29, 1.82) is 0 Å². The van der Waals surface area contributed by atoms with Crippen molar-refractivity contribution < 1.29 is 4.74 Å². The molecular weight excluding hydrogens is 152 g/mol. The molecule has 62 valence electrons. The van der Waals surface area contributed by atoms with Gasteiger partial charge in [-0.15, -0.1) is 0 Å². The molecule has 0 amide bonds. The predicted molar refractivity (Wildman–Crippen MR) is 46.7 cm³/mol. The van der Waals surface area contributed by atoms with Gasteiger partial charge in [0.1, 0.15) is 5.76 Å². The van der Waals surface area contributed by atoms with Gasteiger partial charge in [-0.05, 0) is 19.1 Å². The van der Waals surface area contributed by atoms with Crippen LogP contribution in [0.15, 0.2) is 37.3 Å². The molecule has 0 aromatic carbocycles. The monoisotopic (exact) mass is 162 g/mol. The van der Waals surface area contributed by atoms with Crippen LogP contribution in [0, 0.1) is 6.92 Å². The number of ether oxygens (including phenoxy) is 1. The topological polar surface area (TPSA) is 35.0 Å². The van der Waals surface area contributed by atoms with Crippen molar-refractivity contribution in [2.24, 2.45) is 0 Å². The molecule has 1 heterocycles. The molecule has 1 aromatic rings. The number of aromatic nitrogens is 2. The molecule has 3 heteroatoms. The van der Waals surface area contributed by atoms with E-state index in [1.807, 2.05) is 6.92 Å². The normalized spacial score (nSPS) is 9.08. The molecule has 0 unspecified atom stereocenters. The number of hydrogen-bond donors (Lipinski definition) is 0. The Morgan fingerprint density at radius 1 is 1.67 bits per heavy atom. The molecule has 0 atom stereocenters. The fourth-order valence-corrected chi connectivity index (χ4v) is 0.634. The molecule has 0 N–H and O–H groups in total. The molecule has 0 bridgehead atoms. The maximum absolute atomic E-state index is 5.11. The zero-order valence-electron chi connectivity index (χ0n) is 6.95. The molecule has 0 aliphatic heterocycles. The minimum absolute atomic E-state index is 0.305. The van der Waals surface area contributed by atoms with E-state index < -0.39 is 0 Å². The first-order valence-electron chi connectivity index (χ1n) is 3.51. The summed E-state index contributed by atoms with van der Waals surface area (Å²) in [5, 5.41) is 0. The number of rotatable bonds is 3. The zero-order valence-corrected chi connectivity index (χ0v) is 6.95. The Balaban J connectivity index is 2.76. The third-order valence-electron chi connectivity index (χ3n) is 1.22. The first-order chi connectivity index (χ1) is 5.72. The van der Waals surface area contributed by atoms with Crippen molar-refractivity contribution >= 4 is 0 Å². The summed E-state index contributed by atoms with van der Waals surface area (Å²) in [5.74, 6) is 0.445. The Bertz CT molecular complexity index is 307. The van der Waals surface area contributed by atoms with Gasteiger partial charge >= 0.3 is 6.01 Å². The van der Waals surface area contributed by atoms with E-state index in [1.165, 1.54) is 6.08 Å². The third kappa shape index (κ3) is 2.20. The molecule has 1 aromatic heterocycles. The predicted octanol–water partition coefficient (Wildman–Crippen LogP) is 1.86. The highest BCUT2D eigenvalue weighted by molar-refractivity contribution is 5.11. The summed E-state index contributed by atoms with van der Waals surface area (Å²) in [6, 6.07) is 2.10. The van der Waals surface area contributed by atoms with Crippen LogP contribution in [-0.4, -0.2) is 9.97 Å². The lowest BCUT2D eigenvalue weighted by Crippen LogP contribution is -1.96. The van der Waals surface area contributed by atoms with Gasteiger partial charge in [0.05, 0.1) is 0 Å². The molecular formula is C9H10N2O. The van der Waals surface area contributed by atoms with Crippen LogP contribution in [0.2, 0.25) is 0 Å². The van der Waals surface area contributed by atoms with Crippen molar-refractivity contribution in [2.75, 3.05) is 0 Å². The number of aryl methyl sites for hydroxylation is 1. The summed E-state index contributed by atoms with van der Waals surface area (Å²) in [6.45, 7) is 8.94. The van der Waals surface area contributed by atoms with Crippen molar-refractivity contribution in [3.63, 3.8) is 0 Å². The minimum Gasteiger partial charge on any atom is -0.425 e. The van der Waals surface area contributed by atoms with Crippen LogP contribution in [0.4, 0.5) is 0 Å². The molecule has 0 radical (unpaired) electrons. The molecule has 0 saturated carbocycles. The molecule has 0 aliphatic carbocycles. The average molecular weight is 162 g/mol. The molecule has 0 spiro atoms. The molecule has 3 nitrogen and oxygen atoms in total. The summed E-state index contributed by atoms with van der Waals surface area (Å²) >= 11 is 0. The molecule has 12 heavy (non-hydrogen) atoms. The zero-order chi connectivity index (χ0) is 8.97. The number of hydrogen-bond acceptors (Lipinski definition) is 3. The van der Waals surface area contributed by atoms with Gasteiger partial charge in [0, 0.05) is 11.9 Å². The smallest absolute Gasteiger partial charge is 0.322 e. The summed E-state index contributed by atoms with van der Waals surface area (Å²) in [5.41, 5.74) is 0.858. The summed E-state index contributed by atoms with van der Waals surface area (Å²) < 4.78 is 5.11. The minimum atomic E-state index is 0.305. The Labute approximate surface area is 71.4 Å². The summed E-state index contributed by atoms with van der Waals surface area (Å²) in [6.07, 6.45) is 3.14. The standard InChI is InChI=1S/C9H10N2O/c1-4-8(3)12-9-10-6-5-7(2)11-9/h4-6H,1,3H2,2H3. The van der Waals surface area contributed by atoms with Crippen LogP contribution in [0.1, 0.15) is 5.69 Å². The van der Waals surface area contributed by atoms with Crippen LogP contribution in [0.5, 0.6) is 6.01 Å². The molecule has 0 aliphatic rings. The second-order valence-electron chi connectivity index (χ2n) is 2.25. The molecule has 0 saturated heterocycles. The van der Waals surface area contributed by atoms with Crippen molar-refractivity contribution in [3.8, 4) is 6.01 Å². The van der Waals surface area contributed by atoms with Crippen LogP contribution in [-0.2, 0) is 0 Å². The van der Waals surface area contributed by atoms with Gasteiger partial charge in [-0.1, -0.05) is 13.2 Å². The van der Waals surface area contributed by atoms with Gasteiger partial charge in [-0.2, -0.15) is 0 Å². The highest BCUT2D eigenvalue weighted by atomic mass is 16.5. The van der Waals surface area contributed by atoms with E-state index in [1.54, 1.807) is 12.3 Å². The maximum Gasteiger partial charge on any atom is 0.322 e. The fraction of sp³-hybridized carbons (Fsp3) is 0.111. The molecule has 0 fully saturated rings. The van der Waals surface area contributed by atoms with Crippen LogP contribution in [0.3, 0.4) is 0 Å². The summed E-state index contributed by atoms with van der Waals surface area (Å²) in [4.78, 5) is 7.90. The van der Waals surface area contributed by atoms with Gasteiger partial charge in [0.15, 0.2) is 0 Å². The van der Waals surface area contributed by atoms with E-state index in [-0.39, 0.29) is 0 Å². The van der Waals surface area contributed by atoms with Crippen molar-refractivity contribution in [3.05, 3.63) is 43.0 Å². The van der Waals surface area contributed by atoms with E-state index in [0.29, 0.717) is 11.8 Å². The Morgan fingerprint density at radius 3 is 3.00 bits per heavy atom. The lowest BCUT2D eigenvalue weighted by Gasteiger charge is -2.01. The molecule has 1 rings (SSSR count). The lowest BCUT2D eigenvalue weighted by molar-refractivity contribution is 0.408. The Hall–Kier alpha value is -1.64. The van der Waals surface area contributed by atoms with Gasteiger partial charge in [-0.3, -0.25) is 0 Å². The van der Waals surface area contributed by atoms with Gasteiger partial charge < -0.3 is 4.74 Å². The van der Waals surface area contributed by atoms with E-state index in [2.05, 4.69) is 23.1 Å². The van der Waals surface area contributed by atoms with Gasteiger partial charge in [-0.25, -0.2) is 9.97 Å². The van der Waals surface area contributed by atoms with E-state index in [0.717, 1.165) is 5.69 Å². The largest absolute Gasteiger partial charge is 0.425 e. The second-order valence-corrected chi connectivity index (χ2v) is 2.25. The van der Waals surface area contributed by atoms with E-state index in [4.69, 9.17) is 4.74 Å². The van der Waals surface area contributed by atoms with Crippen molar-refractivity contribution in [2.45, 2.75) is 6.92 Å². The highest BCUT2D eigenvalue weighted by Crippen LogP contribution is 2.05. The summed E-state index contributed by atoms with van der Waals surface area (Å²) in [7, 11) is 0. The maximum atomic E-state index is 5.11. The van der Waals surface area contributed by atoms with Crippen LogP contribution in [0.25, 0.3) is 0 Å². The SMILES string of the molecule is C=CC(=C)Oc1nccc(C)n1. The van der Waals surface area contributed by atoms with Crippen molar-refractivity contribution in [1.82, 2.24) is 9.97 Å². The first kappa shape index (κ1) is 8.46. The Kier molecular flexibility index (Phi) is 2.58. The van der Waals surface area contributed by atoms with E-state index in [9.17, 15) is 0 Å². The second kappa shape index (κ2) is 3.67. The fourth-order valence-electron chi connectivity index (χ4n) is 0.634. The third-order valence-corrected chi connectivity index (χ3v) is 1.22. The number of allylic oxidation sites excluding steroid dienone is 1. The van der Waals surface area contributed by atoms with Gasteiger partial charge in [0.2, 0.25) is 0 Å². The first-order valence-corrected chi connectivity index (χ1v) is 3.51. The lowest BCUT2D eigenvalue weighted by atomic mass is 10.5. The highest BCUT2D eigenvalue weighted by Gasteiger charge is 1.96.